The predicted octanol–water partition coefficient (Wildman–Crippen LogP) is 0.772. The molecule has 1 saturated heterocycles. The first-order valence-corrected chi connectivity index (χ1v) is 7.62. The third kappa shape index (κ3) is 3.78. The fourth-order valence-corrected chi connectivity index (χ4v) is 2.83. The number of benzene rings is 1. The average molecular weight is 302 g/mol. The molecule has 1 atom stereocenters. The highest BCUT2D eigenvalue weighted by molar-refractivity contribution is 5.49. The Kier molecular flexibility index (Phi) is 4.60. The molecular formula is C16H22N4O2. The Morgan fingerprint density at radius 3 is 2.41 bits per heavy atom. The Balaban J connectivity index is 1.46. The molecule has 0 radical (unpaired) electrons. The highest BCUT2D eigenvalue weighted by Gasteiger charge is 2.19. The van der Waals surface area contributed by atoms with Gasteiger partial charge in [0.1, 0.15) is 5.75 Å². The van der Waals surface area contributed by atoms with Gasteiger partial charge in [0.2, 0.25) is 0 Å². The number of phenols is 1. The number of hydrogen-bond donors (Lipinski definition) is 2. The quantitative estimate of drug-likeness (QED) is 0.854. The van der Waals surface area contributed by atoms with Crippen LogP contribution in [0.15, 0.2) is 42.7 Å². The Bertz CT molecular complexity index is 562. The standard InChI is InChI=1S/C16H22N4O2/c21-15-4-2-14(3-5-15)19-10-8-18(9-11-19)12-16(22)13-20-7-1-6-17-20/h1-7,16,21-22H,8-13H2/t16-/m1/s1. The summed E-state index contributed by atoms with van der Waals surface area (Å²) >= 11 is 0. The Labute approximate surface area is 130 Å². The maximum Gasteiger partial charge on any atom is 0.115 e. The molecule has 0 spiro atoms. The fraction of sp³-hybridized carbons (Fsp3) is 0.438. The molecule has 2 aromatic rings. The first-order valence-electron chi connectivity index (χ1n) is 7.62. The minimum absolute atomic E-state index is 0.295. The lowest BCUT2D eigenvalue weighted by atomic mass is 10.2. The number of aliphatic hydroxyl groups excluding tert-OH is 1. The summed E-state index contributed by atoms with van der Waals surface area (Å²) in [5.74, 6) is 0.295. The third-order valence-electron chi connectivity index (χ3n) is 4.01. The first-order chi connectivity index (χ1) is 10.7. The number of anilines is 1. The van der Waals surface area contributed by atoms with Gasteiger partial charge in [-0.05, 0) is 30.3 Å². The topological polar surface area (TPSA) is 64.8 Å². The zero-order chi connectivity index (χ0) is 15.4. The largest absolute Gasteiger partial charge is 0.508 e. The van der Waals surface area contributed by atoms with Crippen LogP contribution in [0.25, 0.3) is 0 Å². The van der Waals surface area contributed by atoms with Gasteiger partial charge in [0.05, 0.1) is 12.6 Å². The van der Waals surface area contributed by atoms with Gasteiger partial charge in [0.25, 0.3) is 0 Å². The van der Waals surface area contributed by atoms with Crippen LogP contribution in [0.4, 0.5) is 5.69 Å². The summed E-state index contributed by atoms with van der Waals surface area (Å²) in [6.45, 7) is 4.92. The molecule has 1 aromatic carbocycles. The number of nitrogens with zero attached hydrogens (tertiary/aromatic N) is 4. The van der Waals surface area contributed by atoms with Crippen LogP contribution in [0, 0.1) is 0 Å². The van der Waals surface area contributed by atoms with Gasteiger partial charge in [-0.15, -0.1) is 0 Å². The van der Waals surface area contributed by atoms with Gasteiger partial charge in [0, 0.05) is 50.8 Å². The number of aromatic nitrogens is 2. The average Bonchev–Trinajstić information content (AvgIpc) is 3.02. The van der Waals surface area contributed by atoms with Crippen LogP contribution >= 0.6 is 0 Å². The second-order valence-electron chi connectivity index (χ2n) is 5.69. The van der Waals surface area contributed by atoms with Crippen molar-refractivity contribution in [2.45, 2.75) is 12.6 Å². The van der Waals surface area contributed by atoms with Gasteiger partial charge in [-0.25, -0.2) is 0 Å². The minimum atomic E-state index is -0.403. The van der Waals surface area contributed by atoms with Crippen LogP contribution in [0.3, 0.4) is 0 Å². The SMILES string of the molecule is Oc1ccc(N2CCN(C[C@@H](O)Cn3cccn3)CC2)cc1. The molecule has 1 aliphatic heterocycles. The van der Waals surface area contributed by atoms with E-state index in [-0.39, 0.29) is 0 Å². The third-order valence-corrected chi connectivity index (χ3v) is 4.01. The molecule has 6 nitrogen and oxygen atoms in total. The number of phenolic OH excluding ortho intramolecular Hbond substituents is 1. The van der Waals surface area contributed by atoms with Crippen molar-refractivity contribution in [1.82, 2.24) is 14.7 Å². The summed E-state index contributed by atoms with van der Waals surface area (Å²) in [4.78, 5) is 4.58. The Morgan fingerprint density at radius 2 is 1.77 bits per heavy atom. The molecule has 2 heterocycles. The number of aliphatic hydroxyl groups is 1. The first kappa shape index (κ1) is 14.9. The van der Waals surface area contributed by atoms with Crippen molar-refractivity contribution < 1.29 is 10.2 Å². The van der Waals surface area contributed by atoms with E-state index in [1.807, 2.05) is 24.4 Å². The van der Waals surface area contributed by atoms with Crippen molar-refractivity contribution in [3.8, 4) is 5.75 Å². The van der Waals surface area contributed by atoms with Crippen molar-refractivity contribution in [1.29, 1.82) is 0 Å². The molecule has 3 rings (SSSR count). The van der Waals surface area contributed by atoms with E-state index in [0.717, 1.165) is 31.9 Å². The zero-order valence-corrected chi connectivity index (χ0v) is 12.5. The lowest BCUT2D eigenvalue weighted by Gasteiger charge is -2.36. The van der Waals surface area contributed by atoms with E-state index in [1.54, 1.807) is 23.0 Å². The molecule has 2 N–H and O–H groups in total. The molecule has 0 unspecified atom stereocenters. The maximum absolute atomic E-state index is 10.1. The van der Waals surface area contributed by atoms with Crippen LogP contribution in [0.1, 0.15) is 0 Å². The minimum Gasteiger partial charge on any atom is -0.508 e. The summed E-state index contributed by atoms with van der Waals surface area (Å²) in [6, 6.07) is 9.18. The predicted molar refractivity (Wildman–Crippen MR) is 85.0 cm³/mol. The number of aromatic hydroxyl groups is 1. The Morgan fingerprint density at radius 1 is 1.05 bits per heavy atom. The van der Waals surface area contributed by atoms with E-state index < -0.39 is 6.10 Å². The van der Waals surface area contributed by atoms with Crippen LogP contribution in [0.2, 0.25) is 0 Å². The molecule has 0 bridgehead atoms. The molecule has 1 aliphatic rings. The highest BCUT2D eigenvalue weighted by atomic mass is 16.3. The van der Waals surface area contributed by atoms with Gasteiger partial charge in [-0.3, -0.25) is 9.58 Å². The molecular weight excluding hydrogens is 280 g/mol. The molecule has 6 heteroatoms. The van der Waals surface area contributed by atoms with Gasteiger partial charge in [-0.1, -0.05) is 0 Å². The van der Waals surface area contributed by atoms with Crippen molar-refractivity contribution in [2.75, 3.05) is 37.6 Å². The number of hydrogen-bond acceptors (Lipinski definition) is 5. The maximum atomic E-state index is 10.1. The lowest BCUT2D eigenvalue weighted by Crippen LogP contribution is -2.49. The van der Waals surface area contributed by atoms with Crippen molar-refractivity contribution >= 4 is 5.69 Å². The molecule has 0 amide bonds. The van der Waals surface area contributed by atoms with Gasteiger partial charge in [-0.2, -0.15) is 5.10 Å². The van der Waals surface area contributed by atoms with E-state index in [0.29, 0.717) is 18.8 Å². The normalized spacial score (nSPS) is 17.6. The summed E-state index contributed by atoms with van der Waals surface area (Å²) in [5.41, 5.74) is 1.13. The lowest BCUT2D eigenvalue weighted by molar-refractivity contribution is 0.0920. The van der Waals surface area contributed by atoms with Crippen LogP contribution in [-0.2, 0) is 6.54 Å². The molecule has 0 aliphatic carbocycles. The number of rotatable bonds is 5. The summed E-state index contributed by atoms with van der Waals surface area (Å²) in [6.07, 6.45) is 3.19. The van der Waals surface area contributed by atoms with Crippen LogP contribution in [0.5, 0.6) is 5.75 Å². The Hall–Kier alpha value is -2.05. The second kappa shape index (κ2) is 6.81. The zero-order valence-electron chi connectivity index (χ0n) is 12.5. The van der Waals surface area contributed by atoms with Crippen LogP contribution < -0.4 is 4.90 Å². The fourth-order valence-electron chi connectivity index (χ4n) is 2.83. The molecule has 0 saturated carbocycles. The second-order valence-corrected chi connectivity index (χ2v) is 5.69. The van der Waals surface area contributed by atoms with E-state index in [2.05, 4.69) is 14.9 Å². The monoisotopic (exact) mass is 302 g/mol. The van der Waals surface area contributed by atoms with E-state index in [9.17, 15) is 10.2 Å². The summed E-state index contributed by atoms with van der Waals surface area (Å²) in [7, 11) is 0. The summed E-state index contributed by atoms with van der Waals surface area (Å²) in [5, 5.41) is 23.6. The van der Waals surface area contributed by atoms with Gasteiger partial charge < -0.3 is 15.1 Å². The number of piperazine rings is 1. The summed E-state index contributed by atoms with van der Waals surface area (Å²) < 4.78 is 1.76. The van der Waals surface area contributed by atoms with Crippen molar-refractivity contribution in [3.63, 3.8) is 0 Å². The number of β-amino-alcohol motifs (C(OH)–C–C–N with tert-alkyl or cyclic N) is 1. The molecule has 22 heavy (non-hydrogen) atoms. The molecule has 118 valence electrons. The highest BCUT2D eigenvalue weighted by Crippen LogP contribution is 2.19. The molecule has 1 aromatic heterocycles. The van der Waals surface area contributed by atoms with E-state index >= 15 is 0 Å². The van der Waals surface area contributed by atoms with E-state index in [4.69, 9.17) is 0 Å². The molecule has 1 fully saturated rings. The van der Waals surface area contributed by atoms with Crippen molar-refractivity contribution in [2.24, 2.45) is 0 Å². The van der Waals surface area contributed by atoms with Crippen LogP contribution in [-0.4, -0.2) is 63.7 Å². The van der Waals surface area contributed by atoms with Gasteiger partial charge >= 0.3 is 0 Å². The van der Waals surface area contributed by atoms with Crippen molar-refractivity contribution in [3.05, 3.63) is 42.7 Å². The van der Waals surface area contributed by atoms with Gasteiger partial charge in [0.15, 0.2) is 0 Å². The van der Waals surface area contributed by atoms with E-state index in [1.165, 1.54) is 0 Å². The smallest absolute Gasteiger partial charge is 0.115 e.